The number of benzene rings is 1. The fourth-order valence-electron chi connectivity index (χ4n) is 1.25. The van der Waals surface area contributed by atoms with Crippen LogP contribution in [0.15, 0.2) is 24.3 Å². The fraction of sp³-hybridized carbons (Fsp3) is 0.364. The average molecular weight is 193 g/mol. The summed E-state index contributed by atoms with van der Waals surface area (Å²) in [6.07, 6.45) is 0.0624. The lowest BCUT2D eigenvalue weighted by Crippen LogP contribution is -2.07. The summed E-state index contributed by atoms with van der Waals surface area (Å²) in [6, 6.07) is 7.49. The van der Waals surface area contributed by atoms with Gasteiger partial charge in [-0.3, -0.25) is 5.32 Å². The molecule has 1 rings (SSSR count). The van der Waals surface area contributed by atoms with E-state index in [2.05, 4.69) is 19.2 Å². The highest BCUT2D eigenvalue weighted by Gasteiger charge is 2.03. The molecule has 1 aromatic carbocycles. The van der Waals surface area contributed by atoms with E-state index in [0.717, 1.165) is 6.42 Å². The Morgan fingerprint density at radius 1 is 1.43 bits per heavy atom. The van der Waals surface area contributed by atoms with Gasteiger partial charge < -0.3 is 5.11 Å². The molecule has 0 saturated carbocycles. The van der Waals surface area contributed by atoms with Crippen molar-refractivity contribution < 1.29 is 9.90 Å². The SMILES string of the molecule is CCC(C)c1ccc(NC(=O)O)cc1. The fourth-order valence-corrected chi connectivity index (χ4v) is 1.25. The molecule has 1 aromatic rings. The Hall–Kier alpha value is -1.51. The molecule has 1 amide bonds. The van der Waals surface area contributed by atoms with Crippen LogP contribution in [0.3, 0.4) is 0 Å². The average Bonchev–Trinajstić information content (AvgIpc) is 2.17. The lowest BCUT2D eigenvalue weighted by atomic mass is 9.99. The third-order valence-electron chi connectivity index (χ3n) is 2.34. The number of hydrogen-bond donors (Lipinski definition) is 2. The first-order valence-electron chi connectivity index (χ1n) is 4.73. The maximum atomic E-state index is 10.3. The van der Waals surface area contributed by atoms with Crippen LogP contribution < -0.4 is 5.32 Å². The standard InChI is InChI=1S/C11H15NO2/c1-3-8(2)9-4-6-10(7-5-9)12-11(13)14/h4-8,12H,3H2,1-2H3,(H,13,14). The molecule has 3 nitrogen and oxygen atoms in total. The van der Waals surface area contributed by atoms with Gasteiger partial charge in [-0.05, 0) is 30.0 Å². The van der Waals surface area contributed by atoms with Crippen LogP contribution in [0.2, 0.25) is 0 Å². The van der Waals surface area contributed by atoms with Crippen molar-refractivity contribution in [2.45, 2.75) is 26.2 Å². The van der Waals surface area contributed by atoms with Crippen LogP contribution in [0.1, 0.15) is 31.7 Å². The summed E-state index contributed by atoms with van der Waals surface area (Å²) in [6.45, 7) is 4.29. The van der Waals surface area contributed by atoms with E-state index in [1.165, 1.54) is 5.56 Å². The smallest absolute Gasteiger partial charge is 0.409 e. The van der Waals surface area contributed by atoms with Crippen molar-refractivity contribution >= 4 is 11.8 Å². The second-order valence-corrected chi connectivity index (χ2v) is 3.36. The van der Waals surface area contributed by atoms with E-state index < -0.39 is 6.09 Å². The molecule has 0 aliphatic carbocycles. The number of rotatable bonds is 3. The highest BCUT2D eigenvalue weighted by atomic mass is 16.4. The molecule has 0 radical (unpaired) electrons. The number of carboxylic acid groups (broad SMARTS) is 1. The predicted octanol–water partition coefficient (Wildman–Crippen LogP) is 3.29. The van der Waals surface area contributed by atoms with Gasteiger partial charge in [0, 0.05) is 5.69 Å². The molecular weight excluding hydrogens is 178 g/mol. The molecule has 0 aliphatic heterocycles. The molecule has 0 aliphatic rings. The molecule has 2 N–H and O–H groups in total. The second kappa shape index (κ2) is 4.65. The molecule has 0 heterocycles. The summed E-state index contributed by atoms with van der Waals surface area (Å²) in [5, 5.41) is 10.8. The first-order valence-corrected chi connectivity index (χ1v) is 4.73. The highest BCUT2D eigenvalue weighted by Crippen LogP contribution is 2.20. The van der Waals surface area contributed by atoms with Crippen LogP contribution in [-0.2, 0) is 0 Å². The quantitative estimate of drug-likeness (QED) is 0.773. The molecule has 1 unspecified atom stereocenters. The Morgan fingerprint density at radius 3 is 2.43 bits per heavy atom. The first-order chi connectivity index (χ1) is 6.63. The summed E-state index contributed by atoms with van der Waals surface area (Å²) in [5.41, 5.74) is 1.85. The number of amides is 1. The Morgan fingerprint density at radius 2 is 2.00 bits per heavy atom. The molecule has 0 bridgehead atoms. The van der Waals surface area contributed by atoms with Gasteiger partial charge >= 0.3 is 6.09 Å². The summed E-state index contributed by atoms with van der Waals surface area (Å²) in [7, 11) is 0. The zero-order valence-corrected chi connectivity index (χ0v) is 8.45. The second-order valence-electron chi connectivity index (χ2n) is 3.36. The first kappa shape index (κ1) is 10.6. The Bertz CT molecular complexity index is 306. The lowest BCUT2D eigenvalue weighted by Gasteiger charge is -2.09. The van der Waals surface area contributed by atoms with Gasteiger partial charge in [-0.2, -0.15) is 0 Å². The summed E-state index contributed by atoms with van der Waals surface area (Å²) in [4.78, 5) is 10.3. The molecule has 3 heteroatoms. The largest absolute Gasteiger partial charge is 0.465 e. The van der Waals surface area contributed by atoms with E-state index in [1.54, 1.807) is 12.1 Å². The molecule has 0 spiro atoms. The summed E-state index contributed by atoms with van der Waals surface area (Å²) in [5.74, 6) is 0.522. The maximum Gasteiger partial charge on any atom is 0.409 e. The number of anilines is 1. The monoisotopic (exact) mass is 193 g/mol. The molecule has 76 valence electrons. The van der Waals surface area contributed by atoms with Crippen molar-refractivity contribution in [1.82, 2.24) is 0 Å². The molecule has 0 aromatic heterocycles. The van der Waals surface area contributed by atoms with Crippen molar-refractivity contribution in [3.63, 3.8) is 0 Å². The zero-order chi connectivity index (χ0) is 10.6. The Labute approximate surface area is 83.8 Å². The molecular formula is C11H15NO2. The minimum absolute atomic E-state index is 0.522. The third kappa shape index (κ3) is 2.76. The topological polar surface area (TPSA) is 49.3 Å². The molecule has 0 saturated heterocycles. The van der Waals surface area contributed by atoms with Gasteiger partial charge in [0.05, 0.1) is 0 Å². The Kier molecular flexibility index (Phi) is 3.51. The van der Waals surface area contributed by atoms with Crippen LogP contribution in [0, 0.1) is 0 Å². The van der Waals surface area contributed by atoms with Crippen LogP contribution in [0.5, 0.6) is 0 Å². The van der Waals surface area contributed by atoms with Gasteiger partial charge in [-0.25, -0.2) is 4.79 Å². The van der Waals surface area contributed by atoms with Crippen LogP contribution >= 0.6 is 0 Å². The molecule has 1 atom stereocenters. The third-order valence-corrected chi connectivity index (χ3v) is 2.34. The van der Waals surface area contributed by atoms with E-state index in [0.29, 0.717) is 11.6 Å². The highest BCUT2D eigenvalue weighted by molar-refractivity contribution is 5.82. The normalized spacial score (nSPS) is 12.1. The molecule has 0 fully saturated rings. The van der Waals surface area contributed by atoms with E-state index in [9.17, 15) is 4.79 Å². The number of hydrogen-bond acceptors (Lipinski definition) is 1. The van der Waals surface area contributed by atoms with Crippen molar-refractivity contribution in [3.05, 3.63) is 29.8 Å². The van der Waals surface area contributed by atoms with E-state index >= 15 is 0 Å². The Balaban J connectivity index is 2.73. The van der Waals surface area contributed by atoms with E-state index in [1.807, 2.05) is 12.1 Å². The zero-order valence-electron chi connectivity index (χ0n) is 8.45. The van der Waals surface area contributed by atoms with Gasteiger partial charge in [0.25, 0.3) is 0 Å². The molecule has 14 heavy (non-hydrogen) atoms. The van der Waals surface area contributed by atoms with Crippen LogP contribution in [-0.4, -0.2) is 11.2 Å². The van der Waals surface area contributed by atoms with Crippen LogP contribution in [0.4, 0.5) is 10.5 Å². The summed E-state index contributed by atoms with van der Waals surface area (Å²) >= 11 is 0. The van der Waals surface area contributed by atoms with Gasteiger partial charge in [0.2, 0.25) is 0 Å². The van der Waals surface area contributed by atoms with Gasteiger partial charge in [0.1, 0.15) is 0 Å². The summed E-state index contributed by atoms with van der Waals surface area (Å²) < 4.78 is 0. The lowest BCUT2D eigenvalue weighted by molar-refractivity contribution is 0.210. The predicted molar refractivity (Wildman–Crippen MR) is 56.8 cm³/mol. The van der Waals surface area contributed by atoms with Crippen molar-refractivity contribution in [2.24, 2.45) is 0 Å². The van der Waals surface area contributed by atoms with E-state index in [-0.39, 0.29) is 0 Å². The van der Waals surface area contributed by atoms with Gasteiger partial charge in [0.15, 0.2) is 0 Å². The van der Waals surface area contributed by atoms with Crippen molar-refractivity contribution in [1.29, 1.82) is 0 Å². The number of nitrogens with one attached hydrogen (secondary N) is 1. The van der Waals surface area contributed by atoms with Gasteiger partial charge in [-0.1, -0.05) is 26.0 Å². The van der Waals surface area contributed by atoms with Crippen molar-refractivity contribution in [2.75, 3.05) is 5.32 Å². The van der Waals surface area contributed by atoms with Crippen molar-refractivity contribution in [3.8, 4) is 0 Å². The van der Waals surface area contributed by atoms with E-state index in [4.69, 9.17) is 5.11 Å². The maximum absolute atomic E-state index is 10.3. The van der Waals surface area contributed by atoms with Gasteiger partial charge in [-0.15, -0.1) is 0 Å². The minimum Gasteiger partial charge on any atom is -0.465 e. The number of carbonyl (C=O) groups is 1. The minimum atomic E-state index is -1.03. The van der Waals surface area contributed by atoms with Crippen LogP contribution in [0.25, 0.3) is 0 Å².